The third-order valence-corrected chi connectivity index (χ3v) is 12.2. The molecule has 1 aliphatic heterocycles. The van der Waals surface area contributed by atoms with Crippen LogP contribution in [0, 0.1) is 5.92 Å². The Kier molecular flexibility index (Phi) is 17.8. The summed E-state index contributed by atoms with van der Waals surface area (Å²) in [5.74, 6) is -4.20. The van der Waals surface area contributed by atoms with Gasteiger partial charge in [-0.1, -0.05) is 63.8 Å². The van der Waals surface area contributed by atoms with Gasteiger partial charge in [-0.3, -0.25) is 14.4 Å². The second-order valence-electron chi connectivity index (χ2n) is 16.4. The van der Waals surface area contributed by atoms with Crippen molar-refractivity contribution in [1.82, 2.24) is 24.7 Å². The van der Waals surface area contributed by atoms with E-state index in [0.717, 1.165) is 15.4 Å². The molecule has 16 nitrogen and oxygen atoms in total. The smallest absolute Gasteiger partial charge is 0.408 e. The van der Waals surface area contributed by atoms with E-state index < -0.39 is 103 Å². The third-order valence-electron chi connectivity index (χ3n) is 8.68. The largest absolute Gasteiger partial charge is 0.462 e. The molecule has 1 aromatic rings. The summed E-state index contributed by atoms with van der Waals surface area (Å²) < 4.78 is 45.4. The topological polar surface area (TPSA) is 198 Å². The molecule has 2 rings (SSSR count). The molecule has 0 bridgehead atoms. The van der Waals surface area contributed by atoms with E-state index in [0.29, 0.717) is 25.3 Å². The van der Waals surface area contributed by atoms with E-state index in [1.54, 1.807) is 46.8 Å². The Bertz CT molecular complexity index is 1600. The molecule has 0 aliphatic carbocycles. The third kappa shape index (κ3) is 16.7. The average Bonchev–Trinajstić information content (AvgIpc) is 3.09. The molecule has 1 fully saturated rings. The fraction of sp³-hybridized carbons (Fsp3) is 0.676. The number of nitrogens with zero attached hydrogens (tertiary/aromatic N) is 3. The van der Waals surface area contributed by atoms with Gasteiger partial charge in [0.25, 0.3) is 0 Å². The van der Waals surface area contributed by atoms with Crippen molar-refractivity contribution in [3.8, 4) is 0 Å². The Balaban J connectivity index is 2.22. The number of ether oxygens (including phenoxy) is 3. The molecule has 0 saturated carbocycles. The van der Waals surface area contributed by atoms with Crippen LogP contribution in [0.25, 0.3) is 0 Å². The highest BCUT2D eigenvalue weighted by molar-refractivity contribution is 7.89. The van der Waals surface area contributed by atoms with Crippen LogP contribution in [-0.2, 0) is 54.8 Å². The summed E-state index contributed by atoms with van der Waals surface area (Å²) >= 11 is 0. The molecule has 0 aromatic heterocycles. The number of likely N-dealkylation sites (N-methyl/N-ethyl adjacent to an activating group) is 2. The van der Waals surface area contributed by atoms with Crippen molar-refractivity contribution in [1.29, 1.82) is 0 Å². The van der Waals surface area contributed by atoms with Gasteiger partial charge in [-0.25, -0.2) is 22.8 Å². The lowest BCUT2D eigenvalue weighted by Crippen LogP contribution is -2.58. The van der Waals surface area contributed by atoms with E-state index >= 15 is 0 Å². The minimum atomic E-state index is -4.04. The molecular formula is C37H61N5O11SSi. The van der Waals surface area contributed by atoms with E-state index in [1.807, 2.05) is 37.8 Å². The normalized spacial score (nSPS) is 16.1. The number of likely N-dealkylation sites (tertiary alicyclic amines) is 1. The number of benzene rings is 1. The number of rotatable bonds is 18. The molecule has 4 amide bonds. The van der Waals surface area contributed by atoms with Gasteiger partial charge in [0, 0.05) is 28.7 Å². The number of piperidine rings is 1. The van der Waals surface area contributed by atoms with Crippen LogP contribution in [-0.4, -0.2) is 137 Å². The number of hydrogen-bond acceptors (Lipinski definition) is 11. The van der Waals surface area contributed by atoms with Crippen LogP contribution in [0.3, 0.4) is 0 Å². The number of sulfonamides is 1. The first-order valence-corrected chi connectivity index (χ1v) is 23.9. The number of nitrogens with one attached hydrogen (secondary N) is 2. The van der Waals surface area contributed by atoms with Crippen LogP contribution in [0.4, 0.5) is 4.79 Å². The van der Waals surface area contributed by atoms with Crippen molar-refractivity contribution < 1.29 is 51.4 Å². The Morgan fingerprint density at radius 2 is 1.60 bits per heavy atom. The molecule has 3 atom stereocenters. The highest BCUT2D eigenvalue weighted by atomic mass is 32.2. The average molecular weight is 812 g/mol. The summed E-state index contributed by atoms with van der Waals surface area (Å²) in [6.07, 6.45) is 0.729. The molecule has 0 spiro atoms. The van der Waals surface area contributed by atoms with Crippen molar-refractivity contribution in [3.63, 3.8) is 0 Å². The first kappa shape index (κ1) is 47.1. The van der Waals surface area contributed by atoms with Gasteiger partial charge in [0.15, 0.2) is 0 Å². The predicted octanol–water partition coefficient (Wildman–Crippen LogP) is 2.75. The molecule has 0 radical (unpaired) electrons. The van der Waals surface area contributed by atoms with E-state index in [1.165, 1.54) is 19.0 Å². The summed E-state index contributed by atoms with van der Waals surface area (Å²) in [4.78, 5) is 82.4. The summed E-state index contributed by atoms with van der Waals surface area (Å²) in [6.45, 7) is 13.0. The van der Waals surface area contributed by atoms with Crippen LogP contribution in [0.15, 0.2) is 30.3 Å². The summed E-state index contributed by atoms with van der Waals surface area (Å²) in [6, 6.07) is 5.77. The molecule has 1 aliphatic rings. The Hall–Kier alpha value is -4.03. The molecule has 1 heterocycles. The van der Waals surface area contributed by atoms with Crippen molar-refractivity contribution in [2.75, 3.05) is 46.1 Å². The molecule has 0 unspecified atom stereocenters. The van der Waals surface area contributed by atoms with Gasteiger partial charge >= 0.3 is 18.0 Å². The first-order chi connectivity index (χ1) is 25.4. The van der Waals surface area contributed by atoms with Gasteiger partial charge in [-0.2, -0.15) is 4.72 Å². The minimum Gasteiger partial charge on any atom is -0.462 e. The number of amides is 4. The number of esters is 2. The monoisotopic (exact) mass is 811 g/mol. The van der Waals surface area contributed by atoms with Gasteiger partial charge in [0.1, 0.15) is 43.5 Å². The minimum absolute atomic E-state index is 0.00167. The predicted molar refractivity (Wildman–Crippen MR) is 209 cm³/mol. The van der Waals surface area contributed by atoms with Crippen LogP contribution in [0.2, 0.25) is 25.7 Å². The highest BCUT2D eigenvalue weighted by Crippen LogP contribution is 2.21. The van der Waals surface area contributed by atoms with Crippen LogP contribution in [0.1, 0.15) is 59.4 Å². The fourth-order valence-electron chi connectivity index (χ4n) is 5.62. The second kappa shape index (κ2) is 20.8. The van der Waals surface area contributed by atoms with Gasteiger partial charge in [0.2, 0.25) is 27.7 Å². The zero-order chi connectivity index (χ0) is 41.7. The molecule has 1 saturated heterocycles. The summed E-state index contributed by atoms with van der Waals surface area (Å²) in [5, 5.41) is 2.34. The Morgan fingerprint density at radius 1 is 0.964 bits per heavy atom. The van der Waals surface area contributed by atoms with Crippen LogP contribution < -0.4 is 10.0 Å². The first-order valence-electron chi connectivity index (χ1n) is 18.5. The fourth-order valence-corrected chi connectivity index (χ4v) is 9.86. The lowest BCUT2D eigenvalue weighted by Gasteiger charge is -2.36. The molecule has 1 aromatic carbocycles. The number of hydrogen-bond donors (Lipinski definition) is 2. The standard InChI is InChI=1S/C37H61N5O11SSi/c1-26(2)32(41(7)31(44)23-40(6)30(43)22-38-36(48)53-37(3,4)5)35(47)52-25-28(39-54(49,50)20-21-55(8,9)10)33(45)42-19-15-14-18-29(42)34(46)51-24-27-16-12-11-13-17-27/h11-13,16-17,26,28-29,32,39H,14-15,18-25H2,1-10H3,(H,38,48)/t28-,29+,32+/m1/s1. The molecular weight excluding hydrogens is 751 g/mol. The van der Waals surface area contributed by atoms with Gasteiger partial charge in [-0.15, -0.1) is 0 Å². The quantitative estimate of drug-likeness (QED) is 0.126. The van der Waals surface area contributed by atoms with Crippen molar-refractivity contribution in [2.24, 2.45) is 5.92 Å². The van der Waals surface area contributed by atoms with Crippen molar-refractivity contribution in [3.05, 3.63) is 35.9 Å². The molecule has 55 heavy (non-hydrogen) atoms. The number of carbonyl (C=O) groups excluding carboxylic acids is 6. The molecule has 2 N–H and O–H groups in total. The van der Waals surface area contributed by atoms with Gasteiger partial charge < -0.3 is 34.2 Å². The van der Waals surface area contributed by atoms with Crippen LogP contribution in [0.5, 0.6) is 0 Å². The maximum atomic E-state index is 14.1. The lowest BCUT2D eigenvalue weighted by atomic mass is 10.0. The zero-order valence-electron chi connectivity index (χ0n) is 34.0. The Labute approximate surface area is 327 Å². The summed E-state index contributed by atoms with van der Waals surface area (Å²) in [5.41, 5.74) is -0.00289. The number of alkyl carbamates (subject to hydrolysis) is 1. The highest BCUT2D eigenvalue weighted by Gasteiger charge is 2.40. The van der Waals surface area contributed by atoms with Crippen molar-refractivity contribution in [2.45, 2.75) is 110 Å². The van der Waals surface area contributed by atoms with E-state index in [2.05, 4.69) is 10.0 Å². The van der Waals surface area contributed by atoms with Crippen molar-refractivity contribution >= 4 is 53.9 Å². The van der Waals surface area contributed by atoms with E-state index in [4.69, 9.17) is 14.2 Å². The lowest BCUT2D eigenvalue weighted by molar-refractivity contribution is -0.162. The maximum Gasteiger partial charge on any atom is 0.408 e. The molecule has 18 heteroatoms. The number of carbonyl (C=O) groups is 6. The summed E-state index contributed by atoms with van der Waals surface area (Å²) in [7, 11) is -3.12. The van der Waals surface area contributed by atoms with E-state index in [-0.39, 0.29) is 18.9 Å². The van der Waals surface area contributed by atoms with Gasteiger partial charge in [0.05, 0.1) is 12.3 Å². The van der Waals surface area contributed by atoms with Gasteiger partial charge in [-0.05, 0) is 57.6 Å². The van der Waals surface area contributed by atoms with E-state index in [9.17, 15) is 37.2 Å². The Morgan fingerprint density at radius 3 is 2.18 bits per heavy atom. The second-order valence-corrected chi connectivity index (χ2v) is 23.9. The molecule has 310 valence electrons. The SMILES string of the molecule is CC(C)[C@@H](C(=O)OC[C@@H](NS(=O)(=O)CC[Si](C)(C)C)C(=O)N1CCCC[C@H]1C(=O)OCc1ccccc1)N(C)C(=O)CN(C)C(=O)CNC(=O)OC(C)(C)C. The van der Waals surface area contributed by atoms with Crippen LogP contribution >= 0.6 is 0 Å². The zero-order valence-corrected chi connectivity index (χ0v) is 35.8. The maximum absolute atomic E-state index is 14.1.